The molecule has 1 atom stereocenters. The maximum absolute atomic E-state index is 13.6. The zero-order valence-electron chi connectivity index (χ0n) is 17.1. The van der Waals surface area contributed by atoms with Crippen LogP contribution in [-0.2, 0) is 4.74 Å². The Labute approximate surface area is 190 Å². The summed E-state index contributed by atoms with van der Waals surface area (Å²) in [5.41, 5.74) is -0.845. The number of anilines is 1. The Bertz CT molecular complexity index is 830. The summed E-state index contributed by atoms with van der Waals surface area (Å²) < 4.78 is 32.4. The number of carbonyl (C=O) groups excluding carboxylic acids is 1. The van der Waals surface area contributed by atoms with Crippen molar-refractivity contribution in [2.24, 2.45) is 11.8 Å². The molecule has 0 spiro atoms. The smallest absolute Gasteiger partial charge is 0.281 e. The Morgan fingerprint density at radius 3 is 2.84 bits per heavy atom. The minimum absolute atomic E-state index is 0.0448. The molecule has 1 aromatic heterocycles. The summed E-state index contributed by atoms with van der Waals surface area (Å²) in [5.74, 6) is -0.286. The molecular weight excluding hydrogens is 449 g/mol. The number of hydrogen-bond donors (Lipinski definition) is 2. The molecule has 0 bridgehead atoms. The van der Waals surface area contributed by atoms with Crippen molar-refractivity contribution in [2.75, 3.05) is 25.1 Å². The number of aromatic nitrogens is 2. The predicted molar refractivity (Wildman–Crippen MR) is 116 cm³/mol. The number of alkyl halides is 2. The monoisotopic (exact) mass is 474 g/mol. The largest absolute Gasteiger partial charge is 0.381 e. The van der Waals surface area contributed by atoms with Gasteiger partial charge in [0.2, 0.25) is 5.95 Å². The highest BCUT2D eigenvalue weighted by Gasteiger charge is 2.23. The number of halogens is 4. The van der Waals surface area contributed by atoms with E-state index in [-0.39, 0.29) is 23.3 Å². The van der Waals surface area contributed by atoms with Gasteiger partial charge in [-0.05, 0) is 50.4 Å². The second-order valence-electron chi connectivity index (χ2n) is 7.71. The minimum Gasteiger partial charge on any atom is -0.381 e. The van der Waals surface area contributed by atoms with Gasteiger partial charge in [0.05, 0.1) is 5.56 Å². The normalized spacial score (nSPS) is 20.9. The highest BCUT2D eigenvalue weighted by molar-refractivity contribution is 6.30. The van der Waals surface area contributed by atoms with Crippen LogP contribution in [0.15, 0.2) is 28.5 Å². The Morgan fingerprint density at radius 2 is 2.10 bits per heavy atom. The summed E-state index contributed by atoms with van der Waals surface area (Å²) in [6.07, 6.45) is 6.66. The topological polar surface area (TPSA) is 76.1 Å². The third kappa shape index (κ3) is 7.12. The molecule has 0 saturated carbocycles. The average molecular weight is 475 g/mol. The lowest BCUT2D eigenvalue weighted by molar-refractivity contribution is 0.0641. The van der Waals surface area contributed by atoms with E-state index < -0.39 is 18.0 Å². The lowest BCUT2D eigenvalue weighted by Gasteiger charge is -2.22. The first-order chi connectivity index (χ1) is 14.9. The fraction of sp³-hybridized carbons (Fsp3) is 0.571. The van der Waals surface area contributed by atoms with E-state index in [1.165, 1.54) is 6.20 Å². The molecule has 170 valence electrons. The van der Waals surface area contributed by atoms with Gasteiger partial charge in [0.1, 0.15) is 5.69 Å². The fourth-order valence-corrected chi connectivity index (χ4v) is 4.07. The van der Waals surface area contributed by atoms with Gasteiger partial charge in [0.25, 0.3) is 12.3 Å². The van der Waals surface area contributed by atoms with Crippen molar-refractivity contribution in [1.82, 2.24) is 15.3 Å². The van der Waals surface area contributed by atoms with Crippen LogP contribution in [0.2, 0.25) is 0 Å². The molecule has 0 unspecified atom stereocenters. The van der Waals surface area contributed by atoms with Crippen molar-refractivity contribution < 1.29 is 18.3 Å². The first-order valence-electron chi connectivity index (χ1n) is 10.4. The Balaban J connectivity index is 1.64. The van der Waals surface area contributed by atoms with Crippen molar-refractivity contribution in [3.05, 3.63) is 39.8 Å². The van der Waals surface area contributed by atoms with Crippen LogP contribution in [0, 0.1) is 11.8 Å². The zero-order chi connectivity index (χ0) is 22.2. The Morgan fingerprint density at radius 1 is 1.32 bits per heavy atom. The van der Waals surface area contributed by atoms with Gasteiger partial charge in [-0.3, -0.25) is 4.79 Å². The summed E-state index contributed by atoms with van der Waals surface area (Å²) in [6.45, 7) is 1.70. The maximum Gasteiger partial charge on any atom is 0.281 e. The van der Waals surface area contributed by atoms with Gasteiger partial charge < -0.3 is 15.4 Å². The van der Waals surface area contributed by atoms with Gasteiger partial charge in [-0.25, -0.2) is 18.7 Å². The third-order valence-corrected chi connectivity index (χ3v) is 6.24. The summed E-state index contributed by atoms with van der Waals surface area (Å²) in [7, 11) is 0. The molecule has 2 heterocycles. The Hall–Kier alpha value is -1.77. The average Bonchev–Trinajstić information content (AvgIpc) is 3.00. The molecule has 1 fully saturated rings. The highest BCUT2D eigenvalue weighted by atomic mass is 35.5. The molecular formula is C21H26Cl2F2N4O2. The number of hydrogen-bond acceptors (Lipinski definition) is 5. The summed E-state index contributed by atoms with van der Waals surface area (Å²) in [6, 6.07) is 0. The third-order valence-electron chi connectivity index (χ3n) is 5.48. The van der Waals surface area contributed by atoms with E-state index in [1.54, 1.807) is 0 Å². The molecule has 1 aromatic rings. The van der Waals surface area contributed by atoms with E-state index >= 15 is 0 Å². The van der Waals surface area contributed by atoms with Crippen molar-refractivity contribution in [1.29, 1.82) is 0 Å². The highest BCUT2D eigenvalue weighted by Crippen LogP contribution is 2.31. The van der Waals surface area contributed by atoms with Crippen molar-refractivity contribution >= 4 is 35.1 Å². The van der Waals surface area contributed by atoms with Crippen molar-refractivity contribution in [3.63, 3.8) is 0 Å². The molecule has 0 radical (unpaired) electrons. The van der Waals surface area contributed by atoms with Crippen LogP contribution in [0.3, 0.4) is 0 Å². The lowest BCUT2D eigenvalue weighted by atomic mass is 10.0. The van der Waals surface area contributed by atoms with Gasteiger partial charge >= 0.3 is 0 Å². The molecule has 1 aliphatic carbocycles. The number of nitrogens with zero attached hydrogens (tertiary/aromatic N) is 2. The van der Waals surface area contributed by atoms with Gasteiger partial charge in [-0.1, -0.05) is 29.3 Å². The lowest BCUT2D eigenvalue weighted by Crippen LogP contribution is -2.33. The number of carbonyl (C=O) groups is 1. The molecule has 1 amide bonds. The van der Waals surface area contributed by atoms with Crippen LogP contribution in [0.4, 0.5) is 14.7 Å². The molecule has 2 aliphatic rings. The zero-order valence-corrected chi connectivity index (χ0v) is 18.6. The van der Waals surface area contributed by atoms with Crippen molar-refractivity contribution in [2.45, 2.75) is 45.0 Å². The molecule has 3 rings (SSSR count). The van der Waals surface area contributed by atoms with Crippen LogP contribution >= 0.6 is 23.2 Å². The minimum atomic E-state index is -2.92. The molecule has 0 aromatic carbocycles. The molecule has 10 heteroatoms. The van der Waals surface area contributed by atoms with Gasteiger partial charge in [0, 0.05) is 42.2 Å². The van der Waals surface area contributed by atoms with Crippen LogP contribution < -0.4 is 10.6 Å². The standard InChI is InChI=1S/C21H26Cl2F2N4O2/c22-15-3-1-2-14(4-5-15)17(23)12-28-21-27-11-16(18(29-21)19(24)25)20(30)26-10-13-6-8-31-9-7-13/h5,11-14,19H,1-4,6-10H2,(H,26,30)(H,27,28,29)/b17-12-/t14-/m0/s1. The van der Waals surface area contributed by atoms with E-state index in [4.69, 9.17) is 27.9 Å². The second-order valence-corrected chi connectivity index (χ2v) is 8.63. The number of ether oxygens (including phenoxy) is 1. The number of rotatable bonds is 7. The van der Waals surface area contributed by atoms with E-state index in [0.29, 0.717) is 31.2 Å². The Kier molecular flexibility index (Phi) is 9.04. The van der Waals surface area contributed by atoms with Gasteiger partial charge in [-0.15, -0.1) is 0 Å². The van der Waals surface area contributed by atoms with E-state index in [9.17, 15) is 13.6 Å². The number of amides is 1. The maximum atomic E-state index is 13.6. The van der Waals surface area contributed by atoms with E-state index in [1.807, 2.05) is 6.08 Å². The second kappa shape index (κ2) is 11.7. The summed E-state index contributed by atoms with van der Waals surface area (Å²) in [5, 5.41) is 6.85. The van der Waals surface area contributed by atoms with Gasteiger partial charge in [-0.2, -0.15) is 0 Å². The molecule has 6 nitrogen and oxygen atoms in total. The summed E-state index contributed by atoms with van der Waals surface area (Å²) in [4.78, 5) is 20.3. The first-order valence-corrected chi connectivity index (χ1v) is 11.2. The van der Waals surface area contributed by atoms with Crippen LogP contribution in [-0.4, -0.2) is 35.6 Å². The van der Waals surface area contributed by atoms with Crippen LogP contribution in [0.25, 0.3) is 0 Å². The quantitative estimate of drug-likeness (QED) is 0.554. The molecule has 31 heavy (non-hydrogen) atoms. The van der Waals surface area contributed by atoms with E-state index in [0.717, 1.165) is 43.3 Å². The molecule has 2 N–H and O–H groups in total. The molecule has 1 aliphatic heterocycles. The fourth-order valence-electron chi connectivity index (χ4n) is 3.60. The predicted octanol–water partition coefficient (Wildman–Crippen LogP) is 5.38. The number of nitrogens with one attached hydrogen (secondary N) is 2. The number of allylic oxidation sites excluding steroid dienone is 3. The summed E-state index contributed by atoms with van der Waals surface area (Å²) >= 11 is 12.5. The van der Waals surface area contributed by atoms with Gasteiger partial charge in [0.15, 0.2) is 0 Å². The molecule has 1 saturated heterocycles. The van der Waals surface area contributed by atoms with Crippen LogP contribution in [0.5, 0.6) is 0 Å². The van der Waals surface area contributed by atoms with Crippen molar-refractivity contribution in [3.8, 4) is 0 Å². The first kappa shape index (κ1) is 23.9. The van der Waals surface area contributed by atoms with Crippen LogP contribution in [0.1, 0.15) is 61.0 Å². The van der Waals surface area contributed by atoms with E-state index in [2.05, 4.69) is 20.6 Å². The SMILES string of the molecule is O=C(NCC1CCOCC1)c1cnc(N/C=C(\Cl)[C@@H]2CC=C(Cl)CCC2)nc1C(F)F.